The molecule has 2 N–H and O–H groups in total. The molecule has 7 heteroatoms. The second-order valence-electron chi connectivity index (χ2n) is 8.63. The molecule has 3 aromatic heterocycles. The molecule has 1 aromatic carbocycles. The lowest BCUT2D eigenvalue weighted by Crippen LogP contribution is -2.20. The molecule has 1 aliphatic carbocycles. The molecule has 1 atom stereocenters. The summed E-state index contributed by atoms with van der Waals surface area (Å²) in [5, 5.41) is 8.23. The molecule has 0 saturated carbocycles. The van der Waals surface area contributed by atoms with Gasteiger partial charge in [-0.1, -0.05) is 37.6 Å². The molecular weight excluding hydrogens is 426 g/mol. The minimum absolute atomic E-state index is 0.493. The van der Waals surface area contributed by atoms with E-state index in [9.17, 15) is 0 Å². The molecule has 0 amide bonds. The third-order valence-corrected chi connectivity index (χ3v) is 6.76. The van der Waals surface area contributed by atoms with Crippen LogP contribution in [0.15, 0.2) is 35.9 Å². The highest BCUT2D eigenvalue weighted by Crippen LogP contribution is 2.32. The lowest BCUT2D eigenvalue weighted by Gasteiger charge is -2.14. The minimum atomic E-state index is 0.493. The highest BCUT2D eigenvalue weighted by Gasteiger charge is 2.20. The molecule has 1 unspecified atom stereocenters. The van der Waals surface area contributed by atoms with E-state index in [0.717, 1.165) is 52.3 Å². The van der Waals surface area contributed by atoms with Crippen LogP contribution in [0.3, 0.4) is 0 Å². The van der Waals surface area contributed by atoms with Crippen LogP contribution in [0.5, 0.6) is 0 Å². The van der Waals surface area contributed by atoms with Crippen LogP contribution >= 0.6 is 22.9 Å². The topological polar surface area (TPSA) is 58.5 Å². The Morgan fingerprint density at radius 3 is 3.00 bits per heavy atom. The van der Waals surface area contributed by atoms with Crippen LogP contribution in [0.2, 0.25) is 5.02 Å². The number of benzene rings is 1. The number of nitrogens with one attached hydrogen (secondary N) is 2. The summed E-state index contributed by atoms with van der Waals surface area (Å²) in [5.41, 5.74) is 5.51. The standard InChI is InChI=1S/C24H26ClN5S/c1-14(2)8-16-12-30(22-10-17(25)5-6-18(16)22)24-29-21(13-31-24)23-27-19-7-4-15(11-26-3)9-20(19)28-23/h4-7,10,12-15,26H,8-9,11H2,1-3H3,(H,27,28). The Morgan fingerprint density at radius 1 is 1.32 bits per heavy atom. The van der Waals surface area contributed by atoms with Crippen molar-refractivity contribution in [3.8, 4) is 16.6 Å². The Hall–Kier alpha value is -2.41. The Bertz CT molecular complexity index is 1260. The van der Waals surface area contributed by atoms with E-state index < -0.39 is 0 Å². The number of H-pyrrole nitrogens is 1. The van der Waals surface area contributed by atoms with Crippen molar-refractivity contribution in [2.24, 2.45) is 11.8 Å². The van der Waals surface area contributed by atoms with E-state index in [2.05, 4.69) is 58.5 Å². The van der Waals surface area contributed by atoms with Crippen LogP contribution in [0.1, 0.15) is 30.8 Å². The number of aromatic nitrogens is 4. The molecule has 0 aliphatic heterocycles. The quantitative estimate of drug-likeness (QED) is 0.393. The number of hydrogen-bond acceptors (Lipinski definition) is 4. The monoisotopic (exact) mass is 451 g/mol. The van der Waals surface area contributed by atoms with Crippen molar-refractivity contribution in [3.05, 3.63) is 57.8 Å². The van der Waals surface area contributed by atoms with Crippen LogP contribution in [0, 0.1) is 11.8 Å². The van der Waals surface area contributed by atoms with Gasteiger partial charge in [0.15, 0.2) is 11.0 Å². The average molecular weight is 452 g/mol. The van der Waals surface area contributed by atoms with Crippen LogP contribution in [0.25, 0.3) is 33.6 Å². The normalized spacial score (nSPS) is 15.8. The maximum atomic E-state index is 6.33. The summed E-state index contributed by atoms with van der Waals surface area (Å²) in [5.74, 6) is 1.90. The number of rotatable bonds is 6. The average Bonchev–Trinajstić information content (AvgIpc) is 3.44. The lowest BCUT2D eigenvalue weighted by atomic mass is 9.96. The number of imidazole rings is 1. The smallest absolute Gasteiger partial charge is 0.194 e. The zero-order chi connectivity index (χ0) is 21.5. The van der Waals surface area contributed by atoms with Crippen LogP contribution in [-0.4, -0.2) is 33.1 Å². The first-order valence-corrected chi connectivity index (χ1v) is 11.9. The van der Waals surface area contributed by atoms with Gasteiger partial charge >= 0.3 is 0 Å². The fourth-order valence-electron chi connectivity index (χ4n) is 4.31. The summed E-state index contributed by atoms with van der Waals surface area (Å²) in [6.07, 6.45) is 8.56. The van der Waals surface area contributed by atoms with Crippen molar-refractivity contribution < 1.29 is 0 Å². The first-order chi connectivity index (χ1) is 15.0. The fourth-order valence-corrected chi connectivity index (χ4v) is 5.28. The van der Waals surface area contributed by atoms with Gasteiger partial charge < -0.3 is 10.3 Å². The molecule has 0 spiro atoms. The van der Waals surface area contributed by atoms with E-state index >= 15 is 0 Å². The van der Waals surface area contributed by atoms with Gasteiger partial charge in [-0.15, -0.1) is 11.3 Å². The number of aromatic amines is 1. The molecule has 3 heterocycles. The summed E-state index contributed by atoms with van der Waals surface area (Å²) >= 11 is 7.96. The largest absolute Gasteiger partial charge is 0.340 e. The van der Waals surface area contributed by atoms with Gasteiger partial charge in [-0.2, -0.15) is 0 Å². The first-order valence-electron chi connectivity index (χ1n) is 10.7. The molecule has 0 saturated heterocycles. The highest BCUT2D eigenvalue weighted by atomic mass is 35.5. The predicted molar refractivity (Wildman–Crippen MR) is 130 cm³/mol. The summed E-state index contributed by atoms with van der Waals surface area (Å²) < 4.78 is 2.17. The predicted octanol–water partition coefficient (Wildman–Crippen LogP) is 5.73. The molecule has 31 heavy (non-hydrogen) atoms. The molecule has 0 fully saturated rings. The van der Waals surface area contributed by atoms with E-state index in [0.29, 0.717) is 11.8 Å². The zero-order valence-corrected chi connectivity index (χ0v) is 19.5. The summed E-state index contributed by atoms with van der Waals surface area (Å²) in [6.45, 7) is 5.46. The van der Waals surface area contributed by atoms with E-state index in [-0.39, 0.29) is 0 Å². The summed E-state index contributed by atoms with van der Waals surface area (Å²) in [4.78, 5) is 13.2. The van der Waals surface area contributed by atoms with Crippen LogP contribution in [-0.2, 0) is 12.8 Å². The Kier molecular flexibility index (Phi) is 5.46. The molecule has 4 aromatic rings. The molecular formula is C24H26ClN5S. The summed E-state index contributed by atoms with van der Waals surface area (Å²) in [6, 6.07) is 6.11. The Balaban J connectivity index is 1.50. The second-order valence-corrected chi connectivity index (χ2v) is 9.90. The van der Waals surface area contributed by atoms with Gasteiger partial charge in [0.05, 0.1) is 11.2 Å². The van der Waals surface area contributed by atoms with Gasteiger partial charge in [-0.3, -0.25) is 4.57 Å². The van der Waals surface area contributed by atoms with Gasteiger partial charge in [0, 0.05) is 34.2 Å². The number of thiazole rings is 1. The maximum absolute atomic E-state index is 6.33. The molecule has 5 rings (SSSR count). The second kappa shape index (κ2) is 8.26. The summed E-state index contributed by atoms with van der Waals surface area (Å²) in [7, 11) is 1.99. The Labute approximate surface area is 191 Å². The third-order valence-electron chi connectivity index (χ3n) is 5.69. The lowest BCUT2D eigenvalue weighted by molar-refractivity contribution is 0.586. The molecule has 0 bridgehead atoms. The van der Waals surface area contributed by atoms with E-state index in [4.69, 9.17) is 21.6 Å². The third kappa shape index (κ3) is 3.95. The van der Waals surface area contributed by atoms with Crippen molar-refractivity contribution in [3.63, 3.8) is 0 Å². The molecule has 0 radical (unpaired) electrons. The van der Waals surface area contributed by atoms with Gasteiger partial charge in [0.2, 0.25) is 0 Å². The number of nitrogens with zero attached hydrogens (tertiary/aromatic N) is 3. The molecule has 5 nitrogen and oxygen atoms in total. The zero-order valence-electron chi connectivity index (χ0n) is 17.9. The van der Waals surface area contributed by atoms with Crippen molar-refractivity contribution >= 4 is 39.9 Å². The van der Waals surface area contributed by atoms with Gasteiger partial charge in [0.25, 0.3) is 0 Å². The van der Waals surface area contributed by atoms with Crippen molar-refractivity contribution in [2.45, 2.75) is 26.7 Å². The Morgan fingerprint density at radius 2 is 2.19 bits per heavy atom. The van der Waals surface area contributed by atoms with Crippen LogP contribution in [0.4, 0.5) is 0 Å². The van der Waals surface area contributed by atoms with E-state index in [1.165, 1.54) is 16.6 Å². The number of hydrogen-bond donors (Lipinski definition) is 2. The van der Waals surface area contributed by atoms with Gasteiger partial charge in [0.1, 0.15) is 5.69 Å². The highest BCUT2D eigenvalue weighted by molar-refractivity contribution is 7.12. The van der Waals surface area contributed by atoms with Crippen molar-refractivity contribution in [1.29, 1.82) is 0 Å². The van der Waals surface area contributed by atoms with E-state index in [1.807, 2.05) is 19.2 Å². The first kappa shape index (κ1) is 20.5. The molecule has 1 aliphatic rings. The van der Waals surface area contributed by atoms with Crippen molar-refractivity contribution in [2.75, 3.05) is 13.6 Å². The fraction of sp³-hybridized carbons (Fsp3) is 0.333. The van der Waals surface area contributed by atoms with E-state index in [1.54, 1.807) is 11.3 Å². The number of halogens is 1. The molecule has 160 valence electrons. The number of fused-ring (bicyclic) bond motifs is 2. The van der Waals surface area contributed by atoms with Crippen molar-refractivity contribution in [1.82, 2.24) is 24.8 Å². The van der Waals surface area contributed by atoms with Gasteiger partial charge in [-0.05, 0) is 55.5 Å². The minimum Gasteiger partial charge on any atom is -0.340 e. The van der Waals surface area contributed by atoms with Gasteiger partial charge in [-0.25, -0.2) is 9.97 Å². The van der Waals surface area contributed by atoms with Crippen LogP contribution < -0.4 is 5.32 Å². The SMILES string of the molecule is CNCC1C=Cc2nc(-c3csc(-n4cc(CC(C)C)c5ccc(Cl)cc54)n3)[nH]c2C1. The maximum Gasteiger partial charge on any atom is 0.194 e.